The molecule has 0 saturated carbocycles. The Morgan fingerprint density at radius 3 is 2.83 bits per heavy atom. The van der Waals surface area contributed by atoms with E-state index in [1.165, 1.54) is 0 Å². The van der Waals surface area contributed by atoms with Gasteiger partial charge in [-0.05, 0) is 44.0 Å². The maximum atomic E-state index is 11.7. The summed E-state index contributed by atoms with van der Waals surface area (Å²) in [4.78, 5) is 15.7. The predicted molar refractivity (Wildman–Crippen MR) is 72.2 cm³/mol. The first-order valence-electron chi connectivity index (χ1n) is 6.09. The van der Waals surface area contributed by atoms with Crippen LogP contribution in [0.5, 0.6) is 0 Å². The van der Waals surface area contributed by atoms with Crippen molar-refractivity contribution >= 4 is 18.2 Å². The van der Waals surface area contributed by atoms with Crippen molar-refractivity contribution in [3.8, 4) is 0 Å². The Morgan fingerprint density at radius 1 is 1.39 bits per heavy atom. The molecule has 5 heteroatoms. The molecule has 1 N–H and O–H groups in total. The van der Waals surface area contributed by atoms with Gasteiger partial charge in [-0.3, -0.25) is 9.78 Å². The lowest BCUT2D eigenvalue weighted by molar-refractivity contribution is 0.0634. The fourth-order valence-electron chi connectivity index (χ4n) is 1.97. The highest BCUT2D eigenvalue weighted by Gasteiger charge is 2.14. The number of carbonyl (C=O) groups excluding carboxylic acids is 1. The number of carbonyl (C=O) groups is 1. The summed E-state index contributed by atoms with van der Waals surface area (Å²) in [5.41, 5.74) is 0.484. The lowest BCUT2D eigenvalue weighted by Crippen LogP contribution is -2.30. The third-order valence-electron chi connectivity index (χ3n) is 3.00. The summed E-state index contributed by atoms with van der Waals surface area (Å²) >= 11 is 0. The minimum absolute atomic E-state index is 0. The summed E-state index contributed by atoms with van der Waals surface area (Å²) in [6.07, 6.45) is 3.90. The zero-order valence-electron chi connectivity index (χ0n) is 10.3. The second-order valence-corrected chi connectivity index (χ2v) is 4.35. The molecule has 0 atom stereocenters. The van der Waals surface area contributed by atoms with Gasteiger partial charge in [-0.2, -0.15) is 0 Å². The zero-order valence-corrected chi connectivity index (χ0v) is 11.1. The third-order valence-corrected chi connectivity index (χ3v) is 3.00. The van der Waals surface area contributed by atoms with Crippen LogP contribution in [0.3, 0.4) is 0 Å². The number of piperidine rings is 1. The lowest BCUT2D eigenvalue weighted by atomic mass is 9.99. The molecule has 1 aromatic rings. The Balaban J connectivity index is 0.00000162. The minimum atomic E-state index is -0.0421. The molecule has 1 saturated heterocycles. The average Bonchev–Trinajstić information content (AvgIpc) is 2.41. The quantitative estimate of drug-likeness (QED) is 0.828. The summed E-state index contributed by atoms with van der Waals surface area (Å²) in [6.45, 7) is 2.94. The number of hydrogen-bond acceptors (Lipinski definition) is 4. The highest BCUT2D eigenvalue weighted by Crippen LogP contribution is 2.11. The summed E-state index contributed by atoms with van der Waals surface area (Å²) in [7, 11) is 0. The van der Waals surface area contributed by atoms with E-state index in [0.717, 1.165) is 25.9 Å². The monoisotopic (exact) mass is 270 g/mol. The second-order valence-electron chi connectivity index (χ2n) is 4.35. The zero-order chi connectivity index (χ0) is 11.9. The highest BCUT2D eigenvalue weighted by molar-refractivity contribution is 5.95. The molecule has 1 aliphatic heterocycles. The molecule has 100 valence electrons. The number of ether oxygens (including phenoxy) is 1. The fraction of sp³-hybridized carbons (Fsp3) is 0.538. The number of halogens is 1. The molecule has 1 aromatic heterocycles. The first-order valence-corrected chi connectivity index (χ1v) is 6.09. The number of ketones is 1. The van der Waals surface area contributed by atoms with E-state index in [1.54, 1.807) is 18.3 Å². The molecule has 0 unspecified atom stereocenters. The topological polar surface area (TPSA) is 51.2 Å². The summed E-state index contributed by atoms with van der Waals surface area (Å²) in [5.74, 6) is 0.548. The van der Waals surface area contributed by atoms with Gasteiger partial charge in [-0.25, -0.2) is 0 Å². The standard InChI is InChI=1S/C13H18N2O2.ClH/c16-13(12-3-1-2-6-15-12)10-17-9-11-4-7-14-8-5-11;/h1-3,6,11,14H,4-5,7-10H2;1H. The van der Waals surface area contributed by atoms with E-state index < -0.39 is 0 Å². The Morgan fingerprint density at radius 2 is 2.17 bits per heavy atom. The molecule has 2 heterocycles. The van der Waals surface area contributed by atoms with Gasteiger partial charge in [-0.1, -0.05) is 6.07 Å². The first kappa shape index (κ1) is 15.1. The number of nitrogens with one attached hydrogen (secondary N) is 1. The minimum Gasteiger partial charge on any atom is -0.373 e. The van der Waals surface area contributed by atoms with Gasteiger partial charge >= 0.3 is 0 Å². The van der Waals surface area contributed by atoms with Crippen LogP contribution in [0.4, 0.5) is 0 Å². The SMILES string of the molecule is Cl.O=C(COCC1CCNCC1)c1ccccn1. The first-order chi connectivity index (χ1) is 8.36. The van der Waals surface area contributed by atoms with E-state index in [4.69, 9.17) is 4.74 Å². The number of pyridine rings is 1. The Bertz CT molecular complexity index is 353. The number of rotatable bonds is 5. The second kappa shape index (κ2) is 8.19. The molecule has 4 nitrogen and oxygen atoms in total. The van der Waals surface area contributed by atoms with Crippen LogP contribution in [0.2, 0.25) is 0 Å². The molecular formula is C13H19ClN2O2. The van der Waals surface area contributed by atoms with Crippen molar-refractivity contribution in [2.45, 2.75) is 12.8 Å². The molecule has 0 spiro atoms. The van der Waals surface area contributed by atoms with Crippen LogP contribution in [0, 0.1) is 5.92 Å². The van der Waals surface area contributed by atoms with Crippen molar-refractivity contribution in [2.75, 3.05) is 26.3 Å². The Labute approximate surface area is 114 Å². The van der Waals surface area contributed by atoms with Gasteiger partial charge in [-0.15, -0.1) is 12.4 Å². The smallest absolute Gasteiger partial charge is 0.206 e. The van der Waals surface area contributed by atoms with Gasteiger partial charge in [0.25, 0.3) is 0 Å². The predicted octanol–water partition coefficient (Wildman–Crippen LogP) is 1.70. The molecule has 0 radical (unpaired) electrons. The van der Waals surface area contributed by atoms with Crippen molar-refractivity contribution in [3.05, 3.63) is 30.1 Å². The van der Waals surface area contributed by atoms with E-state index in [9.17, 15) is 4.79 Å². The summed E-state index contributed by atoms with van der Waals surface area (Å²) in [6, 6.07) is 5.33. The van der Waals surface area contributed by atoms with Crippen molar-refractivity contribution in [2.24, 2.45) is 5.92 Å². The Hall–Kier alpha value is -0.970. The van der Waals surface area contributed by atoms with E-state index >= 15 is 0 Å². The number of Topliss-reactive ketones (excluding diaryl/α,β-unsaturated/α-hetero) is 1. The van der Waals surface area contributed by atoms with Crippen LogP contribution in [0.15, 0.2) is 24.4 Å². The molecule has 1 aliphatic rings. The molecule has 2 rings (SSSR count). The van der Waals surface area contributed by atoms with Crippen LogP contribution in [-0.4, -0.2) is 37.1 Å². The maximum Gasteiger partial charge on any atom is 0.206 e. The van der Waals surface area contributed by atoms with Crippen LogP contribution in [0.25, 0.3) is 0 Å². The van der Waals surface area contributed by atoms with Crippen LogP contribution in [0.1, 0.15) is 23.3 Å². The largest absolute Gasteiger partial charge is 0.373 e. The van der Waals surface area contributed by atoms with Gasteiger partial charge in [0.05, 0.1) is 6.61 Å². The summed E-state index contributed by atoms with van der Waals surface area (Å²) in [5, 5.41) is 3.31. The van der Waals surface area contributed by atoms with Gasteiger partial charge in [0.1, 0.15) is 12.3 Å². The molecule has 18 heavy (non-hydrogen) atoms. The number of nitrogens with zero attached hydrogens (tertiary/aromatic N) is 1. The van der Waals surface area contributed by atoms with Gasteiger partial charge in [0.15, 0.2) is 0 Å². The summed E-state index contributed by atoms with van der Waals surface area (Å²) < 4.78 is 5.47. The van der Waals surface area contributed by atoms with Gasteiger partial charge in [0.2, 0.25) is 5.78 Å². The van der Waals surface area contributed by atoms with Crippen LogP contribution in [-0.2, 0) is 4.74 Å². The number of hydrogen-bond donors (Lipinski definition) is 1. The highest BCUT2D eigenvalue weighted by atomic mass is 35.5. The molecule has 0 aromatic carbocycles. The third kappa shape index (κ3) is 4.72. The fourth-order valence-corrected chi connectivity index (χ4v) is 1.97. The normalized spacial score (nSPS) is 16.0. The molecule has 0 aliphatic carbocycles. The van der Waals surface area contributed by atoms with E-state index in [2.05, 4.69) is 10.3 Å². The van der Waals surface area contributed by atoms with Gasteiger partial charge in [0, 0.05) is 6.20 Å². The van der Waals surface area contributed by atoms with Crippen LogP contribution < -0.4 is 5.32 Å². The molecule has 0 bridgehead atoms. The average molecular weight is 271 g/mol. The molecule has 0 amide bonds. The molecule has 1 fully saturated rings. The van der Waals surface area contributed by atoms with E-state index in [1.807, 2.05) is 6.07 Å². The van der Waals surface area contributed by atoms with Crippen molar-refractivity contribution < 1.29 is 9.53 Å². The lowest BCUT2D eigenvalue weighted by Gasteiger charge is -2.22. The van der Waals surface area contributed by atoms with Crippen molar-refractivity contribution in [1.29, 1.82) is 0 Å². The van der Waals surface area contributed by atoms with Crippen molar-refractivity contribution in [1.82, 2.24) is 10.3 Å². The van der Waals surface area contributed by atoms with Crippen molar-refractivity contribution in [3.63, 3.8) is 0 Å². The van der Waals surface area contributed by atoms with Crippen LogP contribution >= 0.6 is 12.4 Å². The Kier molecular flexibility index (Phi) is 6.86. The van der Waals surface area contributed by atoms with Gasteiger partial charge < -0.3 is 10.1 Å². The van der Waals surface area contributed by atoms with E-state index in [0.29, 0.717) is 18.2 Å². The van der Waals surface area contributed by atoms with E-state index in [-0.39, 0.29) is 24.8 Å². The molecular weight excluding hydrogens is 252 g/mol. The maximum absolute atomic E-state index is 11.7. The number of aromatic nitrogens is 1.